The van der Waals surface area contributed by atoms with Gasteiger partial charge in [0.15, 0.2) is 5.96 Å². The zero-order chi connectivity index (χ0) is 21.2. The van der Waals surface area contributed by atoms with Crippen molar-refractivity contribution >= 4 is 35.6 Å². The minimum atomic E-state index is 0. The zero-order valence-electron chi connectivity index (χ0n) is 19.7. The van der Waals surface area contributed by atoms with Gasteiger partial charge in [-0.15, -0.1) is 24.0 Å². The third kappa shape index (κ3) is 8.77. The van der Waals surface area contributed by atoms with E-state index in [1.807, 2.05) is 7.05 Å². The Bertz CT molecular complexity index is 657. The first-order valence-corrected chi connectivity index (χ1v) is 11.7. The van der Waals surface area contributed by atoms with Gasteiger partial charge in [-0.1, -0.05) is 12.1 Å². The van der Waals surface area contributed by atoms with E-state index >= 15 is 0 Å². The summed E-state index contributed by atoms with van der Waals surface area (Å²) < 4.78 is 5.47. The maximum atomic E-state index is 5.47. The second kappa shape index (κ2) is 14.2. The molecule has 2 aliphatic rings. The Kier molecular flexibility index (Phi) is 12.0. The first-order valence-electron chi connectivity index (χ1n) is 11.7. The molecule has 0 atom stereocenters. The predicted molar refractivity (Wildman–Crippen MR) is 142 cm³/mol. The lowest BCUT2D eigenvalue weighted by Crippen LogP contribution is -2.47. The summed E-state index contributed by atoms with van der Waals surface area (Å²) in [6.45, 7) is 11.8. The lowest BCUT2D eigenvalue weighted by atomic mass is 9.96. The SMILES string of the molecule is CN=C(NCCCN1CCN(c2cccc(C)c2)CC1)N(C)CCC1CCOCC1.I. The van der Waals surface area contributed by atoms with Crippen molar-refractivity contribution in [3.8, 4) is 0 Å². The van der Waals surface area contributed by atoms with Crippen LogP contribution in [0.2, 0.25) is 0 Å². The van der Waals surface area contributed by atoms with E-state index in [0.29, 0.717) is 0 Å². The van der Waals surface area contributed by atoms with Gasteiger partial charge in [0.1, 0.15) is 0 Å². The van der Waals surface area contributed by atoms with E-state index in [-0.39, 0.29) is 24.0 Å². The number of rotatable bonds is 8. The highest BCUT2D eigenvalue weighted by molar-refractivity contribution is 14.0. The van der Waals surface area contributed by atoms with Crippen LogP contribution < -0.4 is 10.2 Å². The van der Waals surface area contributed by atoms with Crippen molar-refractivity contribution in [3.05, 3.63) is 29.8 Å². The van der Waals surface area contributed by atoms with E-state index in [1.54, 1.807) is 0 Å². The van der Waals surface area contributed by atoms with Crippen LogP contribution in [0.15, 0.2) is 29.3 Å². The Morgan fingerprint density at radius 3 is 2.61 bits per heavy atom. The van der Waals surface area contributed by atoms with Crippen molar-refractivity contribution in [2.45, 2.75) is 32.6 Å². The molecule has 2 heterocycles. The molecule has 0 bridgehead atoms. The van der Waals surface area contributed by atoms with Crippen molar-refractivity contribution in [3.63, 3.8) is 0 Å². The highest BCUT2D eigenvalue weighted by Crippen LogP contribution is 2.19. The predicted octanol–water partition coefficient (Wildman–Crippen LogP) is 3.45. The fourth-order valence-corrected chi connectivity index (χ4v) is 4.46. The molecular weight excluding hydrogens is 501 g/mol. The van der Waals surface area contributed by atoms with Gasteiger partial charge in [-0.3, -0.25) is 9.89 Å². The van der Waals surface area contributed by atoms with Crippen LogP contribution >= 0.6 is 24.0 Å². The van der Waals surface area contributed by atoms with Gasteiger partial charge in [-0.25, -0.2) is 0 Å². The second-order valence-electron chi connectivity index (χ2n) is 8.76. The molecule has 3 rings (SSSR count). The van der Waals surface area contributed by atoms with Crippen LogP contribution in [-0.2, 0) is 4.74 Å². The summed E-state index contributed by atoms with van der Waals surface area (Å²) in [4.78, 5) is 11.8. The molecule has 1 N–H and O–H groups in total. The van der Waals surface area contributed by atoms with Crippen LogP contribution in [-0.4, -0.2) is 88.9 Å². The number of nitrogens with zero attached hydrogens (tertiary/aromatic N) is 4. The Balaban J connectivity index is 0.00000341. The summed E-state index contributed by atoms with van der Waals surface area (Å²) in [7, 11) is 4.04. The number of ether oxygens (including phenoxy) is 1. The van der Waals surface area contributed by atoms with E-state index < -0.39 is 0 Å². The van der Waals surface area contributed by atoms with Crippen LogP contribution in [0.1, 0.15) is 31.2 Å². The van der Waals surface area contributed by atoms with Gasteiger partial charge in [0, 0.05) is 72.3 Å². The molecule has 0 aliphatic carbocycles. The molecule has 2 fully saturated rings. The highest BCUT2D eigenvalue weighted by atomic mass is 127. The first-order chi connectivity index (χ1) is 14.7. The topological polar surface area (TPSA) is 43.3 Å². The molecule has 0 amide bonds. The van der Waals surface area contributed by atoms with Gasteiger partial charge >= 0.3 is 0 Å². The Hall–Kier alpha value is -1.06. The average molecular weight is 544 g/mol. The molecule has 6 nitrogen and oxygen atoms in total. The van der Waals surface area contributed by atoms with Crippen LogP contribution in [0.25, 0.3) is 0 Å². The van der Waals surface area contributed by atoms with Crippen molar-refractivity contribution < 1.29 is 4.74 Å². The summed E-state index contributed by atoms with van der Waals surface area (Å²) in [6.07, 6.45) is 4.79. The fraction of sp³-hybridized carbons (Fsp3) is 0.708. The molecule has 176 valence electrons. The molecule has 2 aliphatic heterocycles. The molecule has 2 saturated heterocycles. The molecular formula is C24H42IN5O. The van der Waals surface area contributed by atoms with E-state index in [9.17, 15) is 0 Å². The van der Waals surface area contributed by atoms with Crippen molar-refractivity contribution in [2.75, 3.05) is 78.0 Å². The van der Waals surface area contributed by atoms with Gasteiger partial charge in [0.2, 0.25) is 0 Å². The molecule has 0 radical (unpaired) electrons. The third-order valence-electron chi connectivity index (χ3n) is 6.46. The molecule has 0 aromatic heterocycles. The maximum Gasteiger partial charge on any atom is 0.193 e. The van der Waals surface area contributed by atoms with Crippen LogP contribution in [0.3, 0.4) is 0 Å². The van der Waals surface area contributed by atoms with E-state index in [4.69, 9.17) is 4.74 Å². The monoisotopic (exact) mass is 543 g/mol. The maximum absolute atomic E-state index is 5.47. The smallest absolute Gasteiger partial charge is 0.193 e. The minimum absolute atomic E-state index is 0. The molecule has 1 aromatic rings. The average Bonchev–Trinajstić information content (AvgIpc) is 2.78. The summed E-state index contributed by atoms with van der Waals surface area (Å²) in [5.74, 6) is 1.82. The summed E-state index contributed by atoms with van der Waals surface area (Å²) in [6, 6.07) is 8.86. The van der Waals surface area contributed by atoms with Crippen LogP contribution in [0, 0.1) is 12.8 Å². The highest BCUT2D eigenvalue weighted by Gasteiger charge is 2.17. The van der Waals surface area contributed by atoms with E-state index in [1.165, 1.54) is 30.5 Å². The summed E-state index contributed by atoms with van der Waals surface area (Å²) in [5.41, 5.74) is 2.70. The summed E-state index contributed by atoms with van der Waals surface area (Å²) >= 11 is 0. The van der Waals surface area contributed by atoms with Crippen molar-refractivity contribution in [1.29, 1.82) is 0 Å². The molecule has 0 saturated carbocycles. The number of aryl methyl sites for hydroxylation is 1. The number of hydrogen-bond donors (Lipinski definition) is 1. The quantitative estimate of drug-likeness (QED) is 0.236. The first kappa shape index (κ1) is 26.2. The largest absolute Gasteiger partial charge is 0.381 e. The minimum Gasteiger partial charge on any atom is -0.381 e. The number of benzene rings is 1. The van der Waals surface area contributed by atoms with E-state index in [0.717, 1.165) is 77.3 Å². The Labute approximate surface area is 206 Å². The molecule has 1 aromatic carbocycles. The van der Waals surface area contributed by atoms with Crippen LogP contribution in [0.4, 0.5) is 5.69 Å². The number of guanidine groups is 1. The van der Waals surface area contributed by atoms with Gasteiger partial charge in [0.25, 0.3) is 0 Å². The number of halogens is 1. The third-order valence-corrected chi connectivity index (χ3v) is 6.46. The molecule has 7 heteroatoms. The normalized spacial score (nSPS) is 18.5. The standard InChI is InChI=1S/C24H41N5O.HI/c1-21-6-4-7-23(20-21)29-16-14-28(15-17-29)12-5-11-26-24(25-2)27(3)13-8-22-9-18-30-19-10-22;/h4,6-7,20,22H,5,8-19H2,1-3H3,(H,25,26);1H. The van der Waals surface area contributed by atoms with Gasteiger partial charge in [-0.2, -0.15) is 0 Å². The molecule has 31 heavy (non-hydrogen) atoms. The van der Waals surface area contributed by atoms with E-state index in [2.05, 4.69) is 63.2 Å². The number of anilines is 1. The van der Waals surface area contributed by atoms with Gasteiger partial charge < -0.3 is 19.9 Å². The van der Waals surface area contributed by atoms with Gasteiger partial charge in [-0.05, 0) is 62.8 Å². The molecule has 0 spiro atoms. The molecule has 0 unspecified atom stereocenters. The lowest BCUT2D eigenvalue weighted by molar-refractivity contribution is 0.0625. The Morgan fingerprint density at radius 2 is 1.94 bits per heavy atom. The lowest BCUT2D eigenvalue weighted by Gasteiger charge is -2.36. The number of piperazine rings is 1. The van der Waals surface area contributed by atoms with Crippen LogP contribution in [0.5, 0.6) is 0 Å². The number of hydrogen-bond acceptors (Lipinski definition) is 4. The van der Waals surface area contributed by atoms with Gasteiger partial charge in [0.05, 0.1) is 0 Å². The zero-order valence-corrected chi connectivity index (χ0v) is 22.0. The number of aliphatic imine (C=N–C) groups is 1. The number of nitrogens with one attached hydrogen (secondary N) is 1. The summed E-state index contributed by atoms with van der Waals surface area (Å²) in [5, 5.41) is 3.55. The Morgan fingerprint density at radius 1 is 1.19 bits per heavy atom. The fourth-order valence-electron chi connectivity index (χ4n) is 4.46. The second-order valence-corrected chi connectivity index (χ2v) is 8.76. The van der Waals surface area contributed by atoms with Crippen molar-refractivity contribution in [2.24, 2.45) is 10.9 Å². The van der Waals surface area contributed by atoms with Crippen molar-refractivity contribution in [1.82, 2.24) is 15.1 Å².